The van der Waals surface area contributed by atoms with Gasteiger partial charge in [-0.25, -0.2) is 9.59 Å². The van der Waals surface area contributed by atoms with Crippen LogP contribution in [0.25, 0.3) is 0 Å². The summed E-state index contributed by atoms with van der Waals surface area (Å²) in [6.07, 6.45) is 14.4. The molecule has 4 heteroatoms. The van der Waals surface area contributed by atoms with E-state index in [1.807, 2.05) is 36.4 Å². The molecule has 0 heterocycles. The van der Waals surface area contributed by atoms with Gasteiger partial charge in [0.1, 0.15) is 13.2 Å². The molecule has 2 fully saturated rings. The van der Waals surface area contributed by atoms with E-state index in [-0.39, 0.29) is 17.4 Å². The second kappa shape index (κ2) is 12.9. The Balaban J connectivity index is 1.54. The van der Waals surface area contributed by atoms with Crippen molar-refractivity contribution in [2.24, 2.45) is 17.3 Å². The number of carbonyl (C=O) groups excluding carboxylic acids is 2. The zero-order valence-electron chi connectivity index (χ0n) is 21.0. The lowest BCUT2D eigenvalue weighted by Gasteiger charge is -2.40. The van der Waals surface area contributed by atoms with Gasteiger partial charge >= 0.3 is 11.9 Å². The molecule has 0 unspecified atom stereocenters. The van der Waals surface area contributed by atoms with Gasteiger partial charge in [-0.3, -0.25) is 0 Å². The molecule has 0 N–H and O–H groups in total. The molecular formula is C31H40O4. The highest BCUT2D eigenvalue weighted by Gasteiger charge is 2.39. The molecule has 0 radical (unpaired) electrons. The van der Waals surface area contributed by atoms with Crippen molar-refractivity contribution in [3.05, 3.63) is 71.8 Å². The molecule has 0 aliphatic heterocycles. The van der Waals surface area contributed by atoms with Gasteiger partial charge in [-0.15, -0.1) is 0 Å². The minimum atomic E-state index is -0.348. The van der Waals surface area contributed by atoms with Gasteiger partial charge in [-0.2, -0.15) is 0 Å². The first-order valence-electron chi connectivity index (χ1n) is 13.6. The van der Waals surface area contributed by atoms with E-state index in [0.717, 1.165) is 12.8 Å². The van der Waals surface area contributed by atoms with Crippen molar-refractivity contribution in [1.82, 2.24) is 0 Å². The molecule has 35 heavy (non-hydrogen) atoms. The average molecular weight is 477 g/mol. The van der Waals surface area contributed by atoms with E-state index in [1.54, 1.807) is 24.3 Å². The molecule has 0 spiro atoms. The van der Waals surface area contributed by atoms with Crippen LogP contribution in [0.1, 0.15) is 97.8 Å². The standard InChI is InChI=1S/C31H40O4/c32-29(27-17-9-3-10-18-27)34-23-31(21-25-13-5-1-6-14-25,22-26-15-7-2-8-16-26)24-35-30(33)28-19-11-4-12-20-28/h3-4,9-12,17-20,25-26H,1-2,5-8,13-16,21-24H2. The lowest BCUT2D eigenvalue weighted by atomic mass is 9.68. The lowest BCUT2D eigenvalue weighted by Crippen LogP contribution is -2.39. The second-order valence-electron chi connectivity index (χ2n) is 10.8. The number of benzene rings is 2. The Hall–Kier alpha value is -2.62. The normalized spacial score (nSPS) is 17.6. The number of esters is 2. The summed E-state index contributed by atoms with van der Waals surface area (Å²) in [5, 5.41) is 0. The van der Waals surface area contributed by atoms with Crippen molar-refractivity contribution in [3.8, 4) is 0 Å². The summed E-state index contributed by atoms with van der Waals surface area (Å²) >= 11 is 0. The van der Waals surface area contributed by atoms with E-state index in [4.69, 9.17) is 9.47 Å². The fraction of sp³-hybridized carbons (Fsp3) is 0.548. The minimum Gasteiger partial charge on any atom is -0.461 e. The third kappa shape index (κ3) is 7.68. The Morgan fingerprint density at radius 1 is 0.600 bits per heavy atom. The lowest BCUT2D eigenvalue weighted by molar-refractivity contribution is -0.0296. The highest BCUT2D eigenvalue weighted by Crippen LogP contribution is 2.43. The fourth-order valence-electron chi connectivity index (χ4n) is 6.12. The zero-order chi connectivity index (χ0) is 24.3. The highest BCUT2D eigenvalue weighted by molar-refractivity contribution is 5.89. The molecule has 0 bridgehead atoms. The Labute approximate surface area is 210 Å². The molecule has 2 aromatic rings. The molecule has 2 aliphatic carbocycles. The smallest absolute Gasteiger partial charge is 0.338 e. The second-order valence-corrected chi connectivity index (χ2v) is 10.8. The van der Waals surface area contributed by atoms with Crippen LogP contribution in [0.15, 0.2) is 60.7 Å². The molecule has 2 aliphatic rings. The maximum Gasteiger partial charge on any atom is 0.338 e. The van der Waals surface area contributed by atoms with E-state index in [1.165, 1.54) is 64.2 Å². The molecule has 4 nitrogen and oxygen atoms in total. The summed E-state index contributed by atoms with van der Waals surface area (Å²) in [5.74, 6) is 0.602. The largest absolute Gasteiger partial charge is 0.461 e. The Morgan fingerprint density at radius 3 is 1.34 bits per heavy atom. The van der Waals surface area contributed by atoms with Crippen LogP contribution in [0.5, 0.6) is 0 Å². The molecule has 0 atom stereocenters. The van der Waals surface area contributed by atoms with Crippen molar-refractivity contribution in [3.63, 3.8) is 0 Å². The van der Waals surface area contributed by atoms with E-state index in [9.17, 15) is 9.59 Å². The number of hydrogen-bond donors (Lipinski definition) is 0. The maximum absolute atomic E-state index is 12.9. The summed E-state index contributed by atoms with van der Waals surface area (Å²) in [4.78, 5) is 25.8. The zero-order valence-corrected chi connectivity index (χ0v) is 21.0. The molecule has 0 amide bonds. The van der Waals surface area contributed by atoms with Crippen LogP contribution < -0.4 is 0 Å². The van der Waals surface area contributed by atoms with Crippen LogP contribution in [-0.2, 0) is 9.47 Å². The average Bonchev–Trinajstić information content (AvgIpc) is 2.92. The van der Waals surface area contributed by atoms with Crippen LogP contribution >= 0.6 is 0 Å². The van der Waals surface area contributed by atoms with Crippen LogP contribution in [0.3, 0.4) is 0 Å². The summed E-state index contributed by atoms with van der Waals surface area (Å²) in [6.45, 7) is 0.603. The predicted molar refractivity (Wildman–Crippen MR) is 138 cm³/mol. The monoisotopic (exact) mass is 476 g/mol. The molecule has 0 aromatic heterocycles. The first kappa shape index (κ1) is 25.5. The van der Waals surface area contributed by atoms with Crippen LogP contribution in [-0.4, -0.2) is 25.2 Å². The summed E-state index contributed by atoms with van der Waals surface area (Å²) in [6, 6.07) is 18.4. The number of hydrogen-bond acceptors (Lipinski definition) is 4. The number of ether oxygens (including phenoxy) is 2. The fourth-order valence-corrected chi connectivity index (χ4v) is 6.12. The van der Waals surface area contributed by atoms with Crippen molar-refractivity contribution in [2.75, 3.05) is 13.2 Å². The van der Waals surface area contributed by atoms with Gasteiger partial charge in [0.15, 0.2) is 0 Å². The molecule has 0 saturated heterocycles. The van der Waals surface area contributed by atoms with Gasteiger partial charge < -0.3 is 9.47 Å². The van der Waals surface area contributed by atoms with Gasteiger partial charge in [-0.1, -0.05) is 101 Å². The van der Waals surface area contributed by atoms with Crippen LogP contribution in [0.2, 0.25) is 0 Å². The first-order valence-corrected chi connectivity index (χ1v) is 13.6. The predicted octanol–water partition coefficient (Wildman–Crippen LogP) is 7.63. The first-order chi connectivity index (χ1) is 17.1. The molecular weight excluding hydrogens is 436 g/mol. The van der Waals surface area contributed by atoms with E-state index in [2.05, 4.69) is 0 Å². The molecule has 2 saturated carbocycles. The Bertz CT molecular complexity index is 834. The van der Waals surface area contributed by atoms with E-state index < -0.39 is 0 Å². The van der Waals surface area contributed by atoms with Gasteiger partial charge in [-0.05, 0) is 48.9 Å². The molecule has 4 rings (SSSR count). The maximum atomic E-state index is 12.9. The van der Waals surface area contributed by atoms with Crippen LogP contribution in [0, 0.1) is 17.3 Å². The van der Waals surface area contributed by atoms with Crippen molar-refractivity contribution < 1.29 is 19.1 Å². The third-order valence-electron chi connectivity index (χ3n) is 7.93. The van der Waals surface area contributed by atoms with Crippen molar-refractivity contribution in [1.29, 1.82) is 0 Å². The molecule has 188 valence electrons. The van der Waals surface area contributed by atoms with Gasteiger partial charge in [0.25, 0.3) is 0 Å². The van der Waals surface area contributed by atoms with E-state index >= 15 is 0 Å². The van der Waals surface area contributed by atoms with Crippen molar-refractivity contribution in [2.45, 2.75) is 77.0 Å². The Morgan fingerprint density at radius 2 is 0.971 bits per heavy atom. The third-order valence-corrected chi connectivity index (χ3v) is 7.93. The summed E-state index contributed by atoms with van der Waals surface area (Å²) < 4.78 is 12.0. The van der Waals surface area contributed by atoms with Crippen molar-refractivity contribution >= 4 is 11.9 Å². The number of carbonyl (C=O) groups is 2. The SMILES string of the molecule is O=C(OCC(COC(=O)c1ccccc1)(CC1CCCCC1)CC1CCCCC1)c1ccccc1. The van der Waals surface area contributed by atoms with Crippen LogP contribution in [0.4, 0.5) is 0 Å². The number of rotatable bonds is 10. The van der Waals surface area contributed by atoms with Gasteiger partial charge in [0, 0.05) is 5.41 Å². The Kier molecular flexibility index (Phi) is 9.39. The van der Waals surface area contributed by atoms with Gasteiger partial charge in [0.2, 0.25) is 0 Å². The minimum absolute atomic E-state index is 0.295. The molecule has 2 aromatic carbocycles. The summed E-state index contributed by atoms with van der Waals surface area (Å²) in [7, 11) is 0. The summed E-state index contributed by atoms with van der Waals surface area (Å²) in [5.41, 5.74) is 0.787. The van der Waals surface area contributed by atoms with Gasteiger partial charge in [0.05, 0.1) is 11.1 Å². The quantitative estimate of drug-likeness (QED) is 0.331. The highest BCUT2D eigenvalue weighted by atomic mass is 16.5. The van der Waals surface area contributed by atoms with E-state index in [0.29, 0.717) is 36.2 Å². The topological polar surface area (TPSA) is 52.6 Å².